The average molecular weight is 481 g/mol. The minimum atomic E-state index is -4.47. The van der Waals surface area contributed by atoms with Gasteiger partial charge in [-0.05, 0) is 24.3 Å². The quantitative estimate of drug-likeness (QED) is 0.296. The predicted molar refractivity (Wildman–Crippen MR) is 88.3 cm³/mol. The third-order valence-corrected chi connectivity index (χ3v) is 2.97. The summed E-state index contributed by atoms with van der Waals surface area (Å²) in [6.45, 7) is 0. The Kier molecular flexibility index (Phi) is 10.7. The van der Waals surface area contributed by atoms with Crippen LogP contribution in [-0.4, -0.2) is 10.2 Å². The topological polar surface area (TPSA) is 40.5 Å². The van der Waals surface area contributed by atoms with Crippen molar-refractivity contribution < 1.29 is 62.8 Å². The van der Waals surface area contributed by atoms with Gasteiger partial charge in [0.2, 0.25) is 0 Å². The third kappa shape index (κ3) is 9.17. The summed E-state index contributed by atoms with van der Waals surface area (Å²) in [5.41, 5.74) is -2.00. The van der Waals surface area contributed by atoms with Crippen molar-refractivity contribution in [2.75, 3.05) is 0 Å². The Balaban J connectivity index is 0.000000408. The van der Waals surface area contributed by atoms with Crippen molar-refractivity contribution in [2.45, 2.75) is 12.4 Å². The molecule has 150 valence electrons. The fourth-order valence-electron chi connectivity index (χ4n) is 1.75. The molecule has 0 atom stereocenters. The van der Waals surface area contributed by atoms with E-state index in [0.29, 0.717) is 0 Å². The van der Waals surface area contributed by atoms with E-state index in [1.165, 1.54) is 24.3 Å². The zero-order valence-corrected chi connectivity index (χ0v) is 16.6. The molecule has 2 N–H and O–H groups in total. The van der Waals surface area contributed by atoms with E-state index in [2.05, 4.69) is 0 Å². The maximum absolute atomic E-state index is 11.9. The van der Waals surface area contributed by atoms with Crippen LogP contribution >= 0.6 is 0 Å². The molecule has 0 amide bonds. The molecule has 0 aliphatic carbocycles. The van der Waals surface area contributed by atoms with Crippen LogP contribution in [0.5, 0.6) is 11.5 Å². The van der Waals surface area contributed by atoms with E-state index in [4.69, 9.17) is 10.2 Å². The van der Waals surface area contributed by atoms with Gasteiger partial charge in [-0.2, -0.15) is 44.5 Å². The van der Waals surface area contributed by atoms with E-state index < -0.39 is 35.0 Å². The van der Waals surface area contributed by atoms with Gasteiger partial charge in [0.1, 0.15) is 11.5 Å². The molecular formula is C19H15F6O2Zr-. The fraction of sp³-hybridized carbons (Fsp3) is 0.105. The molecule has 0 aromatic heterocycles. The summed E-state index contributed by atoms with van der Waals surface area (Å²) < 4.78 is 71.3. The van der Waals surface area contributed by atoms with Crippen molar-refractivity contribution in [1.29, 1.82) is 0 Å². The van der Waals surface area contributed by atoms with Crippen LogP contribution in [-0.2, 0) is 38.6 Å². The largest absolute Gasteiger partial charge is 0.507 e. The van der Waals surface area contributed by atoms with Crippen LogP contribution in [0.15, 0.2) is 78.9 Å². The molecular weight excluding hydrogens is 465 g/mol. The molecule has 0 saturated carbocycles. The molecule has 0 aliphatic rings. The van der Waals surface area contributed by atoms with Gasteiger partial charge in [-0.25, -0.2) is 12.1 Å². The van der Waals surface area contributed by atoms with E-state index in [-0.39, 0.29) is 26.2 Å². The van der Waals surface area contributed by atoms with E-state index in [9.17, 15) is 26.3 Å². The minimum absolute atomic E-state index is 0. The molecule has 2 nitrogen and oxygen atoms in total. The third-order valence-electron chi connectivity index (χ3n) is 2.97. The molecule has 3 aromatic rings. The first-order valence-electron chi connectivity index (χ1n) is 7.40. The summed E-state index contributed by atoms with van der Waals surface area (Å²) in [7, 11) is 0. The second kappa shape index (κ2) is 11.6. The summed E-state index contributed by atoms with van der Waals surface area (Å²) >= 11 is 0. The first-order chi connectivity index (χ1) is 12.5. The Morgan fingerprint density at radius 3 is 1.07 bits per heavy atom. The molecule has 0 aliphatic heterocycles. The van der Waals surface area contributed by atoms with Gasteiger partial charge in [-0.15, -0.1) is 0 Å². The molecule has 0 spiro atoms. The van der Waals surface area contributed by atoms with Crippen LogP contribution < -0.4 is 0 Å². The van der Waals surface area contributed by atoms with Crippen molar-refractivity contribution >= 4 is 0 Å². The minimum Gasteiger partial charge on any atom is -0.507 e. The Morgan fingerprint density at radius 1 is 0.571 bits per heavy atom. The molecule has 3 rings (SSSR count). The zero-order valence-electron chi connectivity index (χ0n) is 14.2. The summed E-state index contributed by atoms with van der Waals surface area (Å²) in [5, 5.41) is 17.5. The summed E-state index contributed by atoms with van der Waals surface area (Å²) in [5.74, 6) is -1.47. The maximum atomic E-state index is 11.9. The number of phenols is 2. The molecule has 0 saturated heterocycles. The molecule has 3 aromatic carbocycles. The zero-order chi connectivity index (χ0) is 20.5. The molecule has 0 bridgehead atoms. The van der Waals surface area contributed by atoms with Gasteiger partial charge < -0.3 is 10.2 Å². The molecule has 0 fully saturated rings. The fourth-order valence-corrected chi connectivity index (χ4v) is 1.75. The number of para-hydroxylation sites is 2. The summed E-state index contributed by atoms with van der Waals surface area (Å²) in [6, 6.07) is 18.8. The van der Waals surface area contributed by atoms with Crippen molar-refractivity contribution in [3.63, 3.8) is 0 Å². The Labute approximate surface area is 176 Å². The van der Waals surface area contributed by atoms with E-state index in [1.807, 2.05) is 30.3 Å². The Bertz CT molecular complexity index is 726. The molecule has 0 radical (unpaired) electrons. The van der Waals surface area contributed by atoms with Crippen LogP contribution in [0.3, 0.4) is 0 Å². The van der Waals surface area contributed by atoms with E-state index >= 15 is 0 Å². The van der Waals surface area contributed by atoms with Crippen LogP contribution in [0.1, 0.15) is 11.1 Å². The number of benzene rings is 2. The SMILES string of the molecule is Oc1ccccc1C(F)(F)F.Oc1ccccc1C(F)(F)F.[Zr].c1cc[cH-]c1. The maximum Gasteiger partial charge on any atom is 0.419 e. The number of halogens is 6. The van der Waals surface area contributed by atoms with Gasteiger partial charge in [-0.1, -0.05) is 24.3 Å². The molecule has 0 heterocycles. The monoisotopic (exact) mass is 479 g/mol. The average Bonchev–Trinajstić information content (AvgIpc) is 3.14. The van der Waals surface area contributed by atoms with E-state index in [1.54, 1.807) is 0 Å². The second-order valence-corrected chi connectivity index (χ2v) is 4.99. The summed E-state index contributed by atoms with van der Waals surface area (Å²) in [4.78, 5) is 0. The first kappa shape index (κ1) is 25.9. The molecule has 28 heavy (non-hydrogen) atoms. The standard InChI is InChI=1S/2C7H5F3O.C5H5.Zr/c2*8-7(9,10)5-3-1-2-4-6(5)11;1-2-4-5-3-1;/h2*1-4,11H;1-5H;/q;;-1;. The number of hydrogen-bond donors (Lipinski definition) is 2. The van der Waals surface area contributed by atoms with Crippen LogP contribution in [0.2, 0.25) is 0 Å². The van der Waals surface area contributed by atoms with Crippen molar-refractivity contribution in [3.8, 4) is 11.5 Å². The van der Waals surface area contributed by atoms with Crippen molar-refractivity contribution in [2.24, 2.45) is 0 Å². The number of phenolic OH excluding ortho intramolecular Hbond substituents is 2. The molecule has 9 heteroatoms. The van der Waals surface area contributed by atoms with Gasteiger partial charge in [0.15, 0.2) is 0 Å². The number of rotatable bonds is 0. The van der Waals surface area contributed by atoms with Crippen LogP contribution in [0.4, 0.5) is 26.3 Å². The second-order valence-electron chi connectivity index (χ2n) is 4.99. The molecule has 0 unspecified atom stereocenters. The smallest absolute Gasteiger partial charge is 0.419 e. The van der Waals surface area contributed by atoms with Gasteiger partial charge in [0.05, 0.1) is 11.1 Å². The Hall–Kier alpha value is -2.15. The van der Waals surface area contributed by atoms with Gasteiger partial charge in [0, 0.05) is 26.2 Å². The first-order valence-corrected chi connectivity index (χ1v) is 7.40. The van der Waals surface area contributed by atoms with E-state index in [0.717, 1.165) is 24.3 Å². The van der Waals surface area contributed by atoms with Crippen LogP contribution in [0.25, 0.3) is 0 Å². The Morgan fingerprint density at radius 2 is 0.893 bits per heavy atom. The number of aromatic hydroxyl groups is 2. The van der Waals surface area contributed by atoms with Crippen LogP contribution in [0, 0.1) is 0 Å². The number of alkyl halides is 6. The van der Waals surface area contributed by atoms with Gasteiger partial charge in [-0.3, -0.25) is 0 Å². The summed E-state index contributed by atoms with van der Waals surface area (Å²) in [6.07, 6.45) is -8.93. The van der Waals surface area contributed by atoms with Gasteiger partial charge >= 0.3 is 12.4 Å². The predicted octanol–water partition coefficient (Wildman–Crippen LogP) is 6.23. The van der Waals surface area contributed by atoms with Crippen molar-refractivity contribution in [3.05, 3.63) is 90.0 Å². The van der Waals surface area contributed by atoms with Gasteiger partial charge in [0.25, 0.3) is 0 Å². The van der Waals surface area contributed by atoms with Crippen molar-refractivity contribution in [1.82, 2.24) is 0 Å². The normalized spacial score (nSPS) is 10.5. The number of hydrogen-bond acceptors (Lipinski definition) is 2.